The van der Waals surface area contributed by atoms with Crippen molar-refractivity contribution in [3.8, 4) is 11.5 Å². The summed E-state index contributed by atoms with van der Waals surface area (Å²) in [6, 6.07) is 22.3. The quantitative estimate of drug-likeness (QED) is 0.678. The van der Waals surface area contributed by atoms with Crippen LogP contribution in [-0.2, 0) is 0 Å². The predicted octanol–water partition coefficient (Wildman–Crippen LogP) is 4.70. The van der Waals surface area contributed by atoms with E-state index in [4.69, 9.17) is 9.47 Å². The summed E-state index contributed by atoms with van der Waals surface area (Å²) in [6.07, 6.45) is 0. The van der Waals surface area contributed by atoms with Gasteiger partial charge in [-0.25, -0.2) is 0 Å². The minimum Gasteiger partial charge on any atom is -0.496 e. The molecule has 0 bridgehead atoms. The van der Waals surface area contributed by atoms with E-state index in [9.17, 15) is 4.79 Å². The van der Waals surface area contributed by atoms with Crippen molar-refractivity contribution in [3.63, 3.8) is 0 Å². The smallest absolute Gasteiger partial charge is 0.259 e. The SMILES string of the molecule is COc1ccccc1Nc1ccc(NC(=O)c2ccccc2OC)cc1. The van der Waals surface area contributed by atoms with E-state index >= 15 is 0 Å². The number of carbonyl (C=O) groups is 1. The summed E-state index contributed by atoms with van der Waals surface area (Å²) in [5.74, 6) is 1.09. The van der Waals surface area contributed by atoms with Crippen molar-refractivity contribution in [2.24, 2.45) is 0 Å². The summed E-state index contributed by atoms with van der Waals surface area (Å²) in [5.41, 5.74) is 2.96. The van der Waals surface area contributed by atoms with Crippen LogP contribution in [0.2, 0.25) is 0 Å². The largest absolute Gasteiger partial charge is 0.496 e. The Morgan fingerprint density at radius 1 is 0.731 bits per heavy atom. The molecule has 0 aliphatic heterocycles. The molecule has 26 heavy (non-hydrogen) atoms. The summed E-state index contributed by atoms with van der Waals surface area (Å²) in [7, 11) is 3.18. The van der Waals surface area contributed by atoms with Crippen LogP contribution in [0.1, 0.15) is 10.4 Å². The molecule has 0 unspecified atom stereocenters. The lowest BCUT2D eigenvalue weighted by atomic mass is 10.2. The molecule has 1 amide bonds. The fourth-order valence-electron chi connectivity index (χ4n) is 2.57. The number of nitrogens with one attached hydrogen (secondary N) is 2. The highest BCUT2D eigenvalue weighted by Crippen LogP contribution is 2.27. The average Bonchev–Trinajstić information content (AvgIpc) is 2.69. The first-order chi connectivity index (χ1) is 12.7. The maximum absolute atomic E-state index is 12.4. The Balaban J connectivity index is 1.71. The molecule has 5 nitrogen and oxygen atoms in total. The molecule has 0 spiro atoms. The number of para-hydroxylation sites is 3. The molecule has 3 rings (SSSR count). The predicted molar refractivity (Wildman–Crippen MR) is 104 cm³/mol. The second-order valence-corrected chi connectivity index (χ2v) is 5.56. The molecule has 0 fully saturated rings. The van der Waals surface area contributed by atoms with Gasteiger partial charge in [-0.05, 0) is 48.5 Å². The molecule has 5 heteroatoms. The van der Waals surface area contributed by atoms with Gasteiger partial charge in [0.1, 0.15) is 11.5 Å². The number of benzene rings is 3. The first-order valence-corrected chi connectivity index (χ1v) is 8.15. The number of anilines is 3. The van der Waals surface area contributed by atoms with Gasteiger partial charge in [-0.1, -0.05) is 24.3 Å². The van der Waals surface area contributed by atoms with Crippen LogP contribution >= 0.6 is 0 Å². The molecule has 3 aromatic carbocycles. The molecule has 0 heterocycles. The number of amides is 1. The number of hydrogen-bond acceptors (Lipinski definition) is 4. The van der Waals surface area contributed by atoms with Crippen molar-refractivity contribution < 1.29 is 14.3 Å². The summed E-state index contributed by atoms with van der Waals surface area (Å²) in [4.78, 5) is 12.4. The van der Waals surface area contributed by atoms with Crippen LogP contribution in [-0.4, -0.2) is 20.1 Å². The van der Waals surface area contributed by atoms with Gasteiger partial charge in [0.15, 0.2) is 0 Å². The van der Waals surface area contributed by atoms with E-state index in [1.54, 1.807) is 32.4 Å². The molecule has 132 valence electrons. The lowest BCUT2D eigenvalue weighted by Crippen LogP contribution is -2.13. The van der Waals surface area contributed by atoms with Crippen LogP contribution in [0.4, 0.5) is 17.1 Å². The van der Waals surface area contributed by atoms with E-state index in [1.165, 1.54) is 0 Å². The Hall–Kier alpha value is -3.47. The van der Waals surface area contributed by atoms with Crippen molar-refractivity contribution in [2.75, 3.05) is 24.9 Å². The Bertz CT molecular complexity index is 892. The normalized spacial score (nSPS) is 10.1. The van der Waals surface area contributed by atoms with E-state index in [2.05, 4.69) is 10.6 Å². The third kappa shape index (κ3) is 3.95. The van der Waals surface area contributed by atoms with Gasteiger partial charge in [-0.3, -0.25) is 4.79 Å². The Labute approximate surface area is 152 Å². The van der Waals surface area contributed by atoms with Crippen molar-refractivity contribution >= 4 is 23.0 Å². The topological polar surface area (TPSA) is 59.6 Å². The number of rotatable bonds is 6. The monoisotopic (exact) mass is 348 g/mol. The van der Waals surface area contributed by atoms with E-state index in [-0.39, 0.29) is 5.91 Å². The molecule has 0 saturated heterocycles. The van der Waals surface area contributed by atoms with E-state index in [0.29, 0.717) is 17.0 Å². The summed E-state index contributed by atoms with van der Waals surface area (Å²) in [6.45, 7) is 0. The fourth-order valence-corrected chi connectivity index (χ4v) is 2.57. The Morgan fingerprint density at radius 3 is 2.00 bits per heavy atom. The molecule has 0 atom stereocenters. The van der Waals surface area contributed by atoms with Gasteiger partial charge in [-0.2, -0.15) is 0 Å². The van der Waals surface area contributed by atoms with Crippen molar-refractivity contribution in [1.29, 1.82) is 0 Å². The number of carbonyl (C=O) groups excluding carboxylic acids is 1. The van der Waals surface area contributed by atoms with Crippen molar-refractivity contribution in [3.05, 3.63) is 78.4 Å². The van der Waals surface area contributed by atoms with Gasteiger partial charge < -0.3 is 20.1 Å². The second-order valence-electron chi connectivity index (χ2n) is 5.56. The molecule has 2 N–H and O–H groups in total. The zero-order valence-electron chi connectivity index (χ0n) is 14.7. The maximum Gasteiger partial charge on any atom is 0.259 e. The number of ether oxygens (including phenoxy) is 2. The molecule has 0 aliphatic rings. The van der Waals surface area contributed by atoms with E-state index in [0.717, 1.165) is 17.1 Å². The molecule has 0 aliphatic carbocycles. The van der Waals surface area contributed by atoms with Crippen LogP contribution < -0.4 is 20.1 Å². The zero-order chi connectivity index (χ0) is 18.4. The van der Waals surface area contributed by atoms with Crippen molar-refractivity contribution in [2.45, 2.75) is 0 Å². The molecule has 0 saturated carbocycles. The van der Waals surface area contributed by atoms with Gasteiger partial charge in [-0.15, -0.1) is 0 Å². The number of hydrogen-bond donors (Lipinski definition) is 2. The summed E-state index contributed by atoms with van der Waals surface area (Å²) < 4.78 is 10.6. The van der Waals surface area contributed by atoms with Crippen LogP contribution in [0, 0.1) is 0 Å². The minimum absolute atomic E-state index is 0.215. The highest BCUT2D eigenvalue weighted by molar-refractivity contribution is 6.06. The van der Waals surface area contributed by atoms with E-state index in [1.807, 2.05) is 54.6 Å². The van der Waals surface area contributed by atoms with Gasteiger partial charge in [0.05, 0.1) is 25.5 Å². The van der Waals surface area contributed by atoms with Gasteiger partial charge in [0, 0.05) is 11.4 Å². The lowest BCUT2D eigenvalue weighted by Gasteiger charge is -2.12. The van der Waals surface area contributed by atoms with Gasteiger partial charge >= 0.3 is 0 Å². The third-order valence-electron chi connectivity index (χ3n) is 3.88. The van der Waals surface area contributed by atoms with E-state index < -0.39 is 0 Å². The molecular weight excluding hydrogens is 328 g/mol. The third-order valence-corrected chi connectivity index (χ3v) is 3.88. The molecular formula is C21H20N2O3. The molecule has 3 aromatic rings. The molecule has 0 aromatic heterocycles. The minimum atomic E-state index is -0.215. The fraction of sp³-hybridized carbons (Fsp3) is 0.0952. The Kier molecular flexibility index (Phi) is 5.39. The number of methoxy groups -OCH3 is 2. The zero-order valence-corrected chi connectivity index (χ0v) is 14.7. The maximum atomic E-state index is 12.4. The average molecular weight is 348 g/mol. The second kappa shape index (κ2) is 8.07. The standard InChI is InChI=1S/C21H20N2O3/c1-25-19-9-5-3-7-17(19)21(24)23-16-13-11-15(12-14-16)22-18-8-4-6-10-20(18)26-2/h3-14,22H,1-2H3,(H,23,24). The lowest BCUT2D eigenvalue weighted by molar-refractivity contribution is 0.102. The summed E-state index contributed by atoms with van der Waals surface area (Å²) in [5, 5.41) is 6.17. The first kappa shape index (κ1) is 17.4. The van der Waals surface area contributed by atoms with Crippen LogP contribution in [0.3, 0.4) is 0 Å². The summed E-state index contributed by atoms with van der Waals surface area (Å²) >= 11 is 0. The van der Waals surface area contributed by atoms with Crippen LogP contribution in [0.25, 0.3) is 0 Å². The van der Waals surface area contributed by atoms with Crippen LogP contribution in [0.15, 0.2) is 72.8 Å². The highest BCUT2D eigenvalue weighted by atomic mass is 16.5. The van der Waals surface area contributed by atoms with Gasteiger partial charge in [0.25, 0.3) is 5.91 Å². The van der Waals surface area contributed by atoms with Crippen molar-refractivity contribution in [1.82, 2.24) is 0 Å². The molecule has 0 radical (unpaired) electrons. The van der Waals surface area contributed by atoms with Crippen LogP contribution in [0.5, 0.6) is 11.5 Å². The Morgan fingerprint density at radius 2 is 1.31 bits per heavy atom. The first-order valence-electron chi connectivity index (χ1n) is 8.15. The highest BCUT2D eigenvalue weighted by Gasteiger charge is 2.11. The van der Waals surface area contributed by atoms with Gasteiger partial charge in [0.2, 0.25) is 0 Å².